The van der Waals surface area contributed by atoms with Crippen molar-refractivity contribution in [1.29, 1.82) is 0 Å². The monoisotopic (exact) mass is 242 g/mol. The second-order valence-corrected chi connectivity index (χ2v) is 5.23. The number of piperazine rings is 1. The third-order valence-electron chi connectivity index (χ3n) is 3.69. The predicted octanol–water partition coefficient (Wildman–Crippen LogP) is 2.05. The fourth-order valence-corrected chi connectivity index (χ4v) is 2.32. The normalized spacial score (nSPS) is 23.9. The Morgan fingerprint density at radius 2 is 1.94 bits per heavy atom. The number of nitrogens with zero attached hydrogens (tertiary/aromatic N) is 2. The van der Waals surface area contributed by atoms with Gasteiger partial charge in [0.25, 0.3) is 5.91 Å². The van der Waals surface area contributed by atoms with Gasteiger partial charge in [-0.25, -0.2) is 4.39 Å². The number of rotatable bonds is 3. The van der Waals surface area contributed by atoms with Crippen molar-refractivity contribution in [3.8, 4) is 0 Å². The minimum atomic E-state index is -0.859. The van der Waals surface area contributed by atoms with Crippen LogP contribution >= 0.6 is 0 Å². The molecule has 0 aromatic carbocycles. The van der Waals surface area contributed by atoms with Gasteiger partial charge in [0, 0.05) is 31.7 Å². The van der Waals surface area contributed by atoms with E-state index >= 15 is 0 Å². The predicted molar refractivity (Wildman–Crippen MR) is 67.3 cm³/mol. The number of hydrogen-bond donors (Lipinski definition) is 0. The first-order valence-electron chi connectivity index (χ1n) is 6.24. The molecule has 0 aromatic heterocycles. The number of carbonyl (C=O) groups excluding carboxylic acids is 1. The summed E-state index contributed by atoms with van der Waals surface area (Å²) in [4.78, 5) is 15.4. The van der Waals surface area contributed by atoms with E-state index in [-0.39, 0.29) is 6.04 Å². The molecule has 98 valence electrons. The third-order valence-corrected chi connectivity index (χ3v) is 3.69. The zero-order chi connectivity index (χ0) is 13.2. The van der Waals surface area contributed by atoms with E-state index in [9.17, 15) is 9.18 Å². The quantitative estimate of drug-likeness (QED) is 0.707. The Kier molecular flexibility index (Phi) is 4.69. The number of amides is 1. The summed E-state index contributed by atoms with van der Waals surface area (Å²) in [6.07, 6.45) is 0. The van der Waals surface area contributed by atoms with Crippen molar-refractivity contribution in [2.24, 2.45) is 5.92 Å². The summed E-state index contributed by atoms with van der Waals surface area (Å²) in [5.41, 5.74) is 0. The van der Waals surface area contributed by atoms with Crippen molar-refractivity contribution in [2.45, 2.75) is 39.8 Å². The second kappa shape index (κ2) is 5.63. The summed E-state index contributed by atoms with van der Waals surface area (Å²) in [7, 11) is 0. The highest BCUT2D eigenvalue weighted by molar-refractivity contribution is 5.90. The highest BCUT2D eigenvalue weighted by Crippen LogP contribution is 2.19. The van der Waals surface area contributed by atoms with Gasteiger partial charge in [-0.2, -0.15) is 0 Å². The van der Waals surface area contributed by atoms with Crippen molar-refractivity contribution in [3.63, 3.8) is 0 Å². The van der Waals surface area contributed by atoms with Gasteiger partial charge in [0.2, 0.25) is 0 Å². The second-order valence-electron chi connectivity index (χ2n) is 5.23. The van der Waals surface area contributed by atoms with E-state index in [2.05, 4.69) is 39.2 Å². The molecule has 0 aromatic rings. The summed E-state index contributed by atoms with van der Waals surface area (Å²) < 4.78 is 12.8. The molecule has 1 unspecified atom stereocenters. The largest absolute Gasteiger partial charge is 0.334 e. The average molecular weight is 242 g/mol. The molecule has 1 amide bonds. The zero-order valence-corrected chi connectivity index (χ0v) is 11.2. The van der Waals surface area contributed by atoms with E-state index in [1.54, 1.807) is 4.90 Å². The van der Waals surface area contributed by atoms with Crippen molar-refractivity contribution in [1.82, 2.24) is 9.80 Å². The van der Waals surface area contributed by atoms with Gasteiger partial charge in [-0.05, 0) is 19.8 Å². The first-order chi connectivity index (χ1) is 7.84. The molecular weight excluding hydrogens is 219 g/mol. The Hall–Kier alpha value is -0.900. The van der Waals surface area contributed by atoms with Crippen LogP contribution in [-0.2, 0) is 4.79 Å². The van der Waals surface area contributed by atoms with Crippen molar-refractivity contribution in [2.75, 3.05) is 19.6 Å². The molecule has 1 fully saturated rings. The smallest absolute Gasteiger partial charge is 0.282 e. The SMILES string of the molecule is C=C(F)C(=O)N1CCN(C(C)C(C)C)[C@@H](C)C1. The zero-order valence-electron chi connectivity index (χ0n) is 11.2. The lowest BCUT2D eigenvalue weighted by Crippen LogP contribution is -2.57. The van der Waals surface area contributed by atoms with Crippen LogP contribution in [-0.4, -0.2) is 47.4 Å². The standard InChI is InChI=1S/C13H23FN2O/c1-9(2)12(5)16-7-6-15(8-10(16)3)13(17)11(4)14/h9-10,12H,4,6-8H2,1-3,5H3/t10-,12?/m0/s1. The lowest BCUT2D eigenvalue weighted by atomic mass is 10.0. The fraction of sp³-hybridized carbons (Fsp3) is 0.769. The summed E-state index contributed by atoms with van der Waals surface area (Å²) in [6, 6.07) is 0.750. The van der Waals surface area contributed by atoms with Crippen molar-refractivity contribution in [3.05, 3.63) is 12.4 Å². The van der Waals surface area contributed by atoms with E-state index in [4.69, 9.17) is 0 Å². The molecule has 3 nitrogen and oxygen atoms in total. The van der Waals surface area contributed by atoms with Gasteiger partial charge in [0.05, 0.1) is 0 Å². The molecule has 0 N–H and O–H groups in total. The molecular formula is C13H23FN2O. The van der Waals surface area contributed by atoms with Crippen LogP contribution < -0.4 is 0 Å². The molecule has 0 aliphatic carbocycles. The fourth-order valence-electron chi connectivity index (χ4n) is 2.32. The van der Waals surface area contributed by atoms with Crippen LogP contribution in [0.15, 0.2) is 12.4 Å². The van der Waals surface area contributed by atoms with Crippen LogP contribution in [0.1, 0.15) is 27.7 Å². The minimum Gasteiger partial charge on any atom is -0.334 e. The molecule has 0 spiro atoms. The average Bonchev–Trinajstić information content (AvgIpc) is 2.26. The Labute approximate surface area is 103 Å². The van der Waals surface area contributed by atoms with Crippen molar-refractivity contribution < 1.29 is 9.18 Å². The van der Waals surface area contributed by atoms with E-state index in [1.807, 2.05) is 0 Å². The minimum absolute atomic E-state index is 0.268. The molecule has 1 heterocycles. The summed E-state index contributed by atoms with van der Waals surface area (Å²) >= 11 is 0. The van der Waals surface area contributed by atoms with Crippen LogP contribution in [0.4, 0.5) is 4.39 Å². The van der Waals surface area contributed by atoms with Gasteiger partial charge >= 0.3 is 0 Å². The Balaban J connectivity index is 2.61. The molecule has 2 atom stereocenters. The third kappa shape index (κ3) is 3.28. The van der Waals surface area contributed by atoms with E-state index in [0.29, 0.717) is 25.0 Å². The molecule has 1 rings (SSSR count). The molecule has 0 bridgehead atoms. The van der Waals surface area contributed by atoms with Gasteiger partial charge in [0.1, 0.15) is 0 Å². The number of halogens is 1. The molecule has 0 saturated carbocycles. The van der Waals surface area contributed by atoms with Crippen LogP contribution in [0, 0.1) is 5.92 Å². The first-order valence-corrected chi connectivity index (χ1v) is 6.24. The van der Waals surface area contributed by atoms with Crippen LogP contribution in [0.2, 0.25) is 0 Å². The summed E-state index contributed by atoms with van der Waals surface area (Å²) in [5.74, 6) is -0.841. The maximum absolute atomic E-state index is 12.8. The van der Waals surface area contributed by atoms with Gasteiger partial charge in [0.15, 0.2) is 5.83 Å². The van der Waals surface area contributed by atoms with E-state index < -0.39 is 11.7 Å². The molecule has 1 aliphatic rings. The Morgan fingerprint density at radius 1 is 1.35 bits per heavy atom. The maximum Gasteiger partial charge on any atom is 0.282 e. The van der Waals surface area contributed by atoms with Gasteiger partial charge < -0.3 is 4.90 Å². The first kappa shape index (κ1) is 14.2. The van der Waals surface area contributed by atoms with Gasteiger partial charge in [-0.15, -0.1) is 0 Å². The van der Waals surface area contributed by atoms with Crippen LogP contribution in [0.5, 0.6) is 0 Å². The lowest BCUT2D eigenvalue weighted by molar-refractivity contribution is -0.132. The van der Waals surface area contributed by atoms with E-state index in [0.717, 1.165) is 6.54 Å². The highest BCUT2D eigenvalue weighted by atomic mass is 19.1. The van der Waals surface area contributed by atoms with Crippen LogP contribution in [0.25, 0.3) is 0 Å². The maximum atomic E-state index is 12.8. The van der Waals surface area contributed by atoms with Crippen molar-refractivity contribution >= 4 is 5.91 Å². The Morgan fingerprint density at radius 3 is 2.35 bits per heavy atom. The van der Waals surface area contributed by atoms with Gasteiger partial charge in [-0.1, -0.05) is 20.4 Å². The molecule has 0 radical (unpaired) electrons. The van der Waals surface area contributed by atoms with Crippen LogP contribution in [0.3, 0.4) is 0 Å². The highest BCUT2D eigenvalue weighted by Gasteiger charge is 2.31. The number of carbonyl (C=O) groups is 1. The lowest BCUT2D eigenvalue weighted by Gasteiger charge is -2.44. The summed E-state index contributed by atoms with van der Waals surface area (Å²) in [5, 5.41) is 0. The van der Waals surface area contributed by atoms with E-state index in [1.165, 1.54) is 0 Å². The molecule has 4 heteroatoms. The molecule has 1 saturated heterocycles. The number of hydrogen-bond acceptors (Lipinski definition) is 2. The molecule has 17 heavy (non-hydrogen) atoms. The molecule has 1 aliphatic heterocycles. The summed E-state index contributed by atoms with van der Waals surface area (Å²) in [6.45, 7) is 13.7. The van der Waals surface area contributed by atoms with Gasteiger partial charge in [-0.3, -0.25) is 9.69 Å². The Bertz CT molecular complexity index is 304. The topological polar surface area (TPSA) is 23.6 Å².